The first kappa shape index (κ1) is 7.12. The second kappa shape index (κ2) is 2.43. The lowest BCUT2D eigenvalue weighted by Gasteiger charge is -2.08. The summed E-state index contributed by atoms with van der Waals surface area (Å²) in [6.45, 7) is 1.52. The van der Waals surface area contributed by atoms with Crippen LogP contribution in [0.1, 0.15) is 13.3 Å². The molecule has 0 fully saturated rings. The van der Waals surface area contributed by atoms with Gasteiger partial charge >= 0.3 is 0 Å². The van der Waals surface area contributed by atoms with E-state index in [0.717, 1.165) is 0 Å². The molecular formula is C5H8N2O. The maximum absolute atomic E-state index is 9.75. The van der Waals surface area contributed by atoms with Crippen LogP contribution in [0.15, 0.2) is 0 Å². The van der Waals surface area contributed by atoms with Crippen molar-refractivity contribution in [2.75, 3.05) is 0 Å². The van der Waals surface area contributed by atoms with Gasteiger partial charge in [-0.25, -0.2) is 0 Å². The lowest BCUT2D eigenvalue weighted by Crippen LogP contribution is -2.34. The van der Waals surface area contributed by atoms with E-state index < -0.39 is 5.54 Å². The molecule has 0 radical (unpaired) electrons. The third-order valence-electron chi connectivity index (χ3n) is 0.763. The minimum Gasteiger partial charge on any atom is -0.313 e. The zero-order valence-electron chi connectivity index (χ0n) is 4.72. The molecular weight excluding hydrogens is 104 g/mol. The minimum absolute atomic E-state index is 0.101. The molecule has 0 rings (SSSR count). The van der Waals surface area contributed by atoms with Crippen molar-refractivity contribution in [1.29, 1.82) is 5.26 Å². The third kappa shape index (κ3) is 2.32. The lowest BCUT2D eigenvalue weighted by molar-refractivity contribution is -0.108. The van der Waals surface area contributed by atoms with Crippen LogP contribution < -0.4 is 5.73 Å². The van der Waals surface area contributed by atoms with Crippen LogP contribution in [0.2, 0.25) is 0 Å². The van der Waals surface area contributed by atoms with Crippen molar-refractivity contribution in [3.05, 3.63) is 0 Å². The highest BCUT2D eigenvalue weighted by molar-refractivity contribution is 5.52. The number of rotatable bonds is 2. The minimum atomic E-state index is -0.970. The maximum Gasteiger partial charge on any atom is 0.122 e. The summed E-state index contributed by atoms with van der Waals surface area (Å²) in [6.07, 6.45) is 0.743. The molecule has 2 N–H and O–H groups in total. The summed E-state index contributed by atoms with van der Waals surface area (Å²) in [5.41, 5.74) is 4.26. The normalized spacial score (nSPS) is 16.1. The van der Waals surface area contributed by atoms with E-state index in [1.165, 1.54) is 6.92 Å². The molecule has 0 saturated carbocycles. The van der Waals surface area contributed by atoms with Gasteiger partial charge in [-0.3, -0.25) is 0 Å². The van der Waals surface area contributed by atoms with Gasteiger partial charge in [0, 0.05) is 6.42 Å². The van der Waals surface area contributed by atoms with E-state index in [2.05, 4.69) is 0 Å². The Hall–Kier alpha value is -0.880. The molecule has 3 heteroatoms. The second-order valence-electron chi connectivity index (χ2n) is 1.90. The Morgan fingerprint density at radius 3 is 2.62 bits per heavy atom. The first-order chi connectivity index (χ1) is 3.62. The van der Waals surface area contributed by atoms with Crippen LogP contribution in [-0.2, 0) is 4.79 Å². The molecule has 1 unspecified atom stereocenters. The van der Waals surface area contributed by atoms with Crippen LogP contribution >= 0.6 is 0 Å². The zero-order chi connectivity index (χ0) is 6.62. The molecule has 3 nitrogen and oxygen atoms in total. The smallest absolute Gasteiger partial charge is 0.122 e. The first-order valence-corrected chi connectivity index (χ1v) is 2.26. The Morgan fingerprint density at radius 1 is 2.00 bits per heavy atom. The van der Waals surface area contributed by atoms with Gasteiger partial charge in [0.2, 0.25) is 0 Å². The number of nitriles is 1. The van der Waals surface area contributed by atoms with Crippen molar-refractivity contribution < 1.29 is 4.79 Å². The molecule has 44 valence electrons. The number of nitrogens with zero attached hydrogens (tertiary/aromatic N) is 1. The molecule has 0 aliphatic rings. The van der Waals surface area contributed by atoms with Gasteiger partial charge in [0.05, 0.1) is 6.07 Å². The highest BCUT2D eigenvalue weighted by Crippen LogP contribution is 1.98. The molecule has 8 heavy (non-hydrogen) atoms. The number of hydrogen-bond donors (Lipinski definition) is 1. The van der Waals surface area contributed by atoms with Gasteiger partial charge in [-0.2, -0.15) is 5.26 Å². The molecule has 0 amide bonds. The van der Waals surface area contributed by atoms with Gasteiger partial charge < -0.3 is 10.5 Å². The summed E-state index contributed by atoms with van der Waals surface area (Å²) in [5.74, 6) is 0. The van der Waals surface area contributed by atoms with Crippen molar-refractivity contribution in [3.63, 3.8) is 0 Å². The third-order valence-corrected chi connectivity index (χ3v) is 0.763. The molecule has 0 aliphatic heterocycles. The quantitative estimate of drug-likeness (QED) is 0.504. The fraction of sp³-hybridized carbons (Fsp3) is 0.600. The van der Waals surface area contributed by atoms with E-state index >= 15 is 0 Å². The van der Waals surface area contributed by atoms with Gasteiger partial charge in [-0.1, -0.05) is 0 Å². The number of aldehydes is 1. The maximum atomic E-state index is 9.75. The van der Waals surface area contributed by atoms with Gasteiger partial charge in [0.25, 0.3) is 0 Å². The van der Waals surface area contributed by atoms with Gasteiger partial charge in [0.15, 0.2) is 0 Å². The summed E-state index contributed by atoms with van der Waals surface area (Å²) in [4.78, 5) is 9.75. The Kier molecular flexibility index (Phi) is 2.17. The molecule has 0 saturated heterocycles. The average Bonchev–Trinajstić information content (AvgIpc) is 1.67. The van der Waals surface area contributed by atoms with Crippen molar-refractivity contribution in [1.82, 2.24) is 0 Å². The van der Waals surface area contributed by atoms with Crippen molar-refractivity contribution in [3.8, 4) is 6.07 Å². The van der Waals surface area contributed by atoms with Crippen LogP contribution in [0.25, 0.3) is 0 Å². The second-order valence-corrected chi connectivity index (χ2v) is 1.90. The van der Waals surface area contributed by atoms with Crippen LogP contribution in [0, 0.1) is 11.3 Å². The fourth-order valence-electron chi connectivity index (χ4n) is 0.219. The molecule has 0 spiro atoms. The number of nitrogens with two attached hydrogens (primary N) is 1. The first-order valence-electron chi connectivity index (χ1n) is 2.26. The number of hydrogen-bond acceptors (Lipinski definition) is 3. The molecule has 1 atom stereocenters. The highest BCUT2D eigenvalue weighted by Gasteiger charge is 2.14. The standard InChI is InChI=1S/C5H8N2O/c1-5(7,4-6)2-3-8/h3H,2,7H2,1H3. The zero-order valence-corrected chi connectivity index (χ0v) is 4.72. The summed E-state index contributed by atoms with van der Waals surface area (Å²) in [5, 5.41) is 8.19. The molecule has 0 aromatic carbocycles. The van der Waals surface area contributed by atoms with E-state index in [-0.39, 0.29) is 6.42 Å². The van der Waals surface area contributed by atoms with Crippen LogP contribution in [0.5, 0.6) is 0 Å². The van der Waals surface area contributed by atoms with E-state index in [0.29, 0.717) is 6.29 Å². The summed E-state index contributed by atoms with van der Waals surface area (Å²) >= 11 is 0. The van der Waals surface area contributed by atoms with Crippen molar-refractivity contribution in [2.45, 2.75) is 18.9 Å². The summed E-state index contributed by atoms with van der Waals surface area (Å²) in [7, 11) is 0. The summed E-state index contributed by atoms with van der Waals surface area (Å²) < 4.78 is 0. The Morgan fingerprint density at radius 2 is 2.50 bits per heavy atom. The van der Waals surface area contributed by atoms with Crippen LogP contribution in [0.3, 0.4) is 0 Å². The topological polar surface area (TPSA) is 66.9 Å². The Bertz CT molecular complexity index is 123. The Labute approximate surface area is 48.1 Å². The molecule has 0 bridgehead atoms. The van der Waals surface area contributed by atoms with Gasteiger partial charge in [-0.05, 0) is 6.92 Å². The number of carbonyl (C=O) groups is 1. The fourth-order valence-corrected chi connectivity index (χ4v) is 0.219. The predicted molar refractivity (Wildman–Crippen MR) is 28.9 cm³/mol. The largest absolute Gasteiger partial charge is 0.313 e. The number of carbonyl (C=O) groups excluding carboxylic acids is 1. The van der Waals surface area contributed by atoms with E-state index in [4.69, 9.17) is 11.0 Å². The lowest BCUT2D eigenvalue weighted by atomic mass is 10.0. The van der Waals surface area contributed by atoms with Gasteiger partial charge in [-0.15, -0.1) is 0 Å². The Balaban J connectivity index is 3.76. The van der Waals surface area contributed by atoms with E-state index in [1.54, 1.807) is 6.07 Å². The molecule has 0 aromatic rings. The SMILES string of the molecule is CC(N)(C#N)CC=O. The van der Waals surface area contributed by atoms with Crippen molar-refractivity contribution in [2.24, 2.45) is 5.73 Å². The average molecular weight is 112 g/mol. The molecule has 0 aliphatic carbocycles. The molecule has 0 heterocycles. The van der Waals surface area contributed by atoms with E-state index in [9.17, 15) is 4.79 Å². The summed E-state index contributed by atoms with van der Waals surface area (Å²) in [6, 6.07) is 1.79. The predicted octanol–water partition coefficient (Wildman–Crippen LogP) is -0.184. The van der Waals surface area contributed by atoms with E-state index in [1.807, 2.05) is 0 Å². The van der Waals surface area contributed by atoms with Gasteiger partial charge in [0.1, 0.15) is 11.8 Å². The van der Waals surface area contributed by atoms with Crippen LogP contribution in [-0.4, -0.2) is 11.8 Å². The highest BCUT2D eigenvalue weighted by atomic mass is 16.1. The monoisotopic (exact) mass is 112 g/mol. The molecule has 0 aromatic heterocycles. The van der Waals surface area contributed by atoms with Crippen molar-refractivity contribution >= 4 is 6.29 Å². The van der Waals surface area contributed by atoms with Crippen LogP contribution in [0.4, 0.5) is 0 Å².